The van der Waals surface area contributed by atoms with E-state index in [4.69, 9.17) is 4.42 Å². The molecule has 1 aromatic carbocycles. The number of aromatic nitrogens is 2. The maximum Gasteiger partial charge on any atom is 0.573 e. The van der Waals surface area contributed by atoms with Gasteiger partial charge in [-0.05, 0) is 41.6 Å². The highest BCUT2D eigenvalue weighted by Crippen LogP contribution is 2.27. The Morgan fingerprint density at radius 3 is 2.24 bits per heavy atom. The van der Waals surface area contributed by atoms with Gasteiger partial charge in [0.25, 0.3) is 0 Å². The van der Waals surface area contributed by atoms with E-state index in [1.165, 1.54) is 28.8 Å². The molecule has 0 saturated carbocycles. The molecule has 2 heterocycles. The Kier molecular flexibility index (Phi) is 3.97. The van der Waals surface area contributed by atoms with Crippen LogP contribution in [0.4, 0.5) is 13.2 Å². The van der Waals surface area contributed by atoms with Crippen LogP contribution in [0.5, 0.6) is 5.75 Å². The predicted molar refractivity (Wildman–Crippen MR) is 94.0 cm³/mol. The van der Waals surface area contributed by atoms with Gasteiger partial charge in [0.05, 0.1) is 5.69 Å². The Bertz CT molecular complexity index is 975. The summed E-state index contributed by atoms with van der Waals surface area (Å²) in [6.07, 6.45) is -4.74. The zero-order valence-electron chi connectivity index (χ0n) is 13.7. The first-order valence-electron chi connectivity index (χ1n) is 7.44. The van der Waals surface area contributed by atoms with Gasteiger partial charge in [-0.25, -0.2) is 9.78 Å². The van der Waals surface area contributed by atoms with E-state index in [9.17, 15) is 18.0 Å². The molecule has 2 aromatic heterocycles. The highest BCUT2D eigenvalue weighted by atomic mass is 19.4. The molecule has 0 radical (unpaired) electrons. The van der Waals surface area contributed by atoms with Crippen molar-refractivity contribution in [2.24, 2.45) is 0 Å². The third-order valence-corrected chi connectivity index (χ3v) is 3.49. The molecule has 0 fully saturated rings. The summed E-state index contributed by atoms with van der Waals surface area (Å²) in [5.41, 5.74) is 1.82. The van der Waals surface area contributed by atoms with E-state index in [2.05, 4.69) is 9.72 Å². The molecule has 0 N–H and O–H groups in total. The Hall–Kier alpha value is -2.58. The van der Waals surface area contributed by atoms with Gasteiger partial charge >= 0.3 is 12.1 Å². The molecule has 0 atom stereocenters. The summed E-state index contributed by atoms with van der Waals surface area (Å²) in [7, 11) is 5.54. The zero-order valence-corrected chi connectivity index (χ0v) is 13.7. The van der Waals surface area contributed by atoms with Crippen LogP contribution in [0, 0.1) is 0 Å². The fourth-order valence-corrected chi connectivity index (χ4v) is 2.48. The first-order valence-corrected chi connectivity index (χ1v) is 7.44. The van der Waals surface area contributed by atoms with Crippen LogP contribution < -0.4 is 10.5 Å². The van der Waals surface area contributed by atoms with Crippen LogP contribution in [0.3, 0.4) is 0 Å². The van der Waals surface area contributed by atoms with Crippen LogP contribution >= 0.6 is 0 Å². The second-order valence-corrected chi connectivity index (χ2v) is 6.46. The molecule has 0 unspecified atom stereocenters. The Labute approximate surface area is 143 Å². The summed E-state index contributed by atoms with van der Waals surface area (Å²) < 4.78 is 47.1. The van der Waals surface area contributed by atoms with E-state index in [0.717, 1.165) is 0 Å². The second-order valence-electron chi connectivity index (χ2n) is 6.46. The molecule has 0 aliphatic rings. The minimum atomic E-state index is -4.74. The number of fused-ring (bicyclic) bond motifs is 1. The van der Waals surface area contributed by atoms with Crippen LogP contribution in [-0.2, 0) is 5.24 Å². The lowest BCUT2D eigenvalue weighted by molar-refractivity contribution is -0.274. The molecular weight excluding hydrogens is 334 g/mol. The number of hydrogen-bond donors (Lipinski definition) is 0. The molecule has 5 nitrogen and oxygen atoms in total. The van der Waals surface area contributed by atoms with Crippen LogP contribution in [0.25, 0.3) is 22.5 Å². The molecule has 25 heavy (non-hydrogen) atoms. The van der Waals surface area contributed by atoms with E-state index in [1.54, 1.807) is 12.1 Å². The predicted octanol–water partition coefficient (Wildman–Crippen LogP) is 0.0222. The van der Waals surface area contributed by atoms with Gasteiger partial charge in [-0.1, -0.05) is 0 Å². The lowest BCUT2D eigenvalue weighted by atomic mass is 9.49. The normalized spacial score (nSPS) is 12.4. The van der Waals surface area contributed by atoms with E-state index >= 15 is 0 Å². The van der Waals surface area contributed by atoms with Crippen LogP contribution in [0.15, 0.2) is 45.6 Å². The van der Waals surface area contributed by atoms with Crippen molar-refractivity contribution in [1.29, 1.82) is 0 Å². The highest BCUT2D eigenvalue weighted by molar-refractivity contribution is 6.56. The molecule has 0 aliphatic carbocycles. The quantitative estimate of drug-likeness (QED) is 0.628. The average molecular weight is 346 g/mol. The van der Waals surface area contributed by atoms with Crippen molar-refractivity contribution in [1.82, 2.24) is 9.55 Å². The number of hydrogen-bond acceptors (Lipinski definition) is 4. The Balaban J connectivity index is 2.03. The van der Waals surface area contributed by atoms with Crippen molar-refractivity contribution >= 4 is 34.8 Å². The van der Waals surface area contributed by atoms with Crippen LogP contribution in [0.2, 0.25) is 0 Å². The Morgan fingerprint density at radius 2 is 1.68 bits per heavy atom. The first kappa shape index (κ1) is 17.3. The third-order valence-electron chi connectivity index (χ3n) is 3.49. The van der Waals surface area contributed by atoms with Gasteiger partial charge < -0.3 is 9.15 Å². The summed E-state index contributed by atoms with van der Waals surface area (Å²) in [5.74, 6) is -0.826. The van der Waals surface area contributed by atoms with Crippen molar-refractivity contribution in [3.8, 4) is 17.0 Å². The van der Waals surface area contributed by atoms with Crippen molar-refractivity contribution in [3.63, 3.8) is 0 Å². The first-order chi connectivity index (χ1) is 11.5. The van der Waals surface area contributed by atoms with Crippen molar-refractivity contribution < 1.29 is 22.3 Å². The number of oxazole rings is 1. The van der Waals surface area contributed by atoms with Crippen molar-refractivity contribution in [2.45, 2.75) is 11.6 Å². The topological polar surface area (TPSA) is 57.3 Å². The number of ether oxygens (including phenoxy) is 1. The molecule has 0 amide bonds. The molecule has 11 heteroatoms. The second kappa shape index (κ2) is 5.75. The number of pyridine rings is 1. The smallest absolute Gasteiger partial charge is 0.406 e. The number of alkyl halides is 3. The number of nitrogens with zero attached hydrogens (tertiary/aromatic N) is 2. The maximum absolute atomic E-state index is 12.2. The molecule has 0 bridgehead atoms. The summed E-state index contributed by atoms with van der Waals surface area (Å²) in [5, 5.41) is -0.529. The van der Waals surface area contributed by atoms with Gasteiger partial charge in [-0.2, -0.15) is 0 Å². The third kappa shape index (κ3) is 3.59. The molecule has 0 spiro atoms. The maximum atomic E-state index is 12.2. The van der Waals surface area contributed by atoms with Crippen molar-refractivity contribution in [2.75, 3.05) is 0 Å². The minimum Gasteiger partial charge on any atom is -0.406 e. The number of rotatable bonds is 3. The SMILES string of the molecule is BC(B)(B)n1c(=O)oc2ccc(-c3ccc(OC(F)(F)F)cc3)nc21. The monoisotopic (exact) mass is 346 g/mol. The summed E-state index contributed by atoms with van der Waals surface area (Å²) >= 11 is 0. The van der Waals surface area contributed by atoms with Gasteiger partial charge in [0.1, 0.15) is 29.3 Å². The minimum absolute atomic E-state index is 0.313. The lowest BCUT2D eigenvalue weighted by Crippen LogP contribution is -2.41. The number of halogens is 3. The number of benzene rings is 1. The van der Waals surface area contributed by atoms with Gasteiger partial charge in [0, 0.05) is 5.56 Å². The van der Waals surface area contributed by atoms with Crippen LogP contribution in [0.1, 0.15) is 0 Å². The molecule has 3 aromatic rings. The standard InChI is InChI=1S/C14H12B3F3N2O3/c15-13(16,17)22-11-10(24-12(22)23)6-5-9(21-11)7-1-3-8(4-2-7)25-14(18,19)20/h1-6H,15-17H2. The van der Waals surface area contributed by atoms with Gasteiger partial charge in [0.2, 0.25) is 0 Å². The molecule has 0 saturated heterocycles. The largest absolute Gasteiger partial charge is 0.573 e. The van der Waals surface area contributed by atoms with E-state index in [0.29, 0.717) is 22.5 Å². The average Bonchev–Trinajstić information content (AvgIpc) is 2.81. The fraction of sp³-hybridized carbons (Fsp3) is 0.143. The molecule has 0 aliphatic heterocycles. The lowest BCUT2D eigenvalue weighted by Gasteiger charge is -2.19. The summed E-state index contributed by atoms with van der Waals surface area (Å²) in [6.45, 7) is 0. The van der Waals surface area contributed by atoms with Crippen molar-refractivity contribution in [3.05, 3.63) is 46.9 Å². The fourth-order valence-electron chi connectivity index (χ4n) is 2.48. The Morgan fingerprint density at radius 1 is 1.04 bits per heavy atom. The molecule has 126 valence electrons. The van der Waals surface area contributed by atoms with E-state index in [1.807, 2.05) is 23.5 Å². The molecule has 3 rings (SSSR count). The molecular formula is C14H12B3F3N2O3. The highest BCUT2D eigenvalue weighted by Gasteiger charge is 2.31. The zero-order chi connectivity index (χ0) is 18.4. The van der Waals surface area contributed by atoms with E-state index < -0.39 is 17.4 Å². The van der Waals surface area contributed by atoms with Gasteiger partial charge in [0.15, 0.2) is 11.2 Å². The van der Waals surface area contributed by atoms with Crippen LogP contribution in [-0.4, -0.2) is 39.5 Å². The van der Waals surface area contributed by atoms with E-state index in [-0.39, 0.29) is 5.75 Å². The summed E-state index contributed by atoms with van der Waals surface area (Å²) in [6, 6.07) is 8.60. The van der Waals surface area contributed by atoms with Gasteiger partial charge in [-0.3, -0.25) is 4.57 Å². The summed E-state index contributed by atoms with van der Waals surface area (Å²) in [4.78, 5) is 16.5. The van der Waals surface area contributed by atoms with Gasteiger partial charge in [-0.15, -0.1) is 13.2 Å².